The normalized spacial score (nSPS) is 12.9. The second-order valence-corrected chi connectivity index (χ2v) is 9.18. The summed E-state index contributed by atoms with van der Waals surface area (Å²) in [6.45, 7) is 6.53. The average Bonchev–Trinajstić information content (AvgIpc) is 2.95. The number of amides is 2. The van der Waals surface area contributed by atoms with Crippen LogP contribution < -0.4 is 15.8 Å². The van der Waals surface area contributed by atoms with Crippen LogP contribution in [0.15, 0.2) is 6.07 Å². The Bertz CT molecular complexity index is 872. The first-order chi connectivity index (χ1) is 19.6. The summed E-state index contributed by atoms with van der Waals surface area (Å²) in [6.07, 6.45) is 10.4. The number of carbonyl (C=O) groups is 3. The maximum atomic E-state index is 13.4. The predicted octanol–water partition coefficient (Wildman–Crippen LogP) is 5.88. The van der Waals surface area contributed by atoms with Crippen LogP contribution in [0.2, 0.25) is 0 Å². The number of nitrogens with two attached hydrogens (primary N) is 1. The smallest absolute Gasteiger partial charge is 0.313 e. The Morgan fingerprint density at radius 1 is 0.829 bits per heavy atom. The summed E-state index contributed by atoms with van der Waals surface area (Å²) < 4.78 is 67.7. The second-order valence-electron chi connectivity index (χ2n) is 9.18. The largest absolute Gasteiger partial charge is 0.420 e. The molecule has 1 saturated carbocycles. The number of ether oxygens (including phenoxy) is 3. The monoisotopic (exact) mass is 594 g/mol. The van der Waals surface area contributed by atoms with Gasteiger partial charge in [0.1, 0.15) is 0 Å². The molecule has 41 heavy (non-hydrogen) atoms. The van der Waals surface area contributed by atoms with E-state index in [-0.39, 0.29) is 63.2 Å². The van der Waals surface area contributed by atoms with Crippen molar-refractivity contribution >= 4 is 17.8 Å². The molecule has 0 bridgehead atoms. The SMILES string of the molecule is CC.CCCCCCC(N)=O.O=C(CCOCCOCCC(=O)Oc1c(F)c(F)cc(F)c1F)NC1CCCCC1. The highest BCUT2D eigenvalue weighted by molar-refractivity contribution is 5.76. The van der Waals surface area contributed by atoms with E-state index in [4.69, 9.17) is 15.2 Å². The van der Waals surface area contributed by atoms with Gasteiger partial charge in [-0.15, -0.1) is 0 Å². The summed E-state index contributed by atoms with van der Waals surface area (Å²) in [5, 5.41) is 2.98. The van der Waals surface area contributed by atoms with Crippen LogP contribution in [0.1, 0.15) is 97.8 Å². The molecule has 3 N–H and O–H groups in total. The maximum Gasteiger partial charge on any atom is 0.313 e. The first-order valence-corrected chi connectivity index (χ1v) is 14.4. The van der Waals surface area contributed by atoms with Crippen LogP contribution in [0.4, 0.5) is 17.6 Å². The molecule has 2 amide bonds. The molecule has 0 spiro atoms. The zero-order chi connectivity index (χ0) is 31.0. The molecule has 8 nitrogen and oxygen atoms in total. The third-order valence-electron chi connectivity index (χ3n) is 5.83. The van der Waals surface area contributed by atoms with Crippen molar-refractivity contribution in [1.82, 2.24) is 5.32 Å². The standard InChI is InChI=1S/C20H25F4NO5.C7H15NO.C2H6/c21-14-12-15(22)19(24)20(18(14)23)30-17(27)7-9-29-11-10-28-8-6-16(26)25-13-4-2-1-3-5-13;1-2-3-4-5-6-7(8)9;1-2/h12-13H,1-11H2,(H,25,26);2-6H2,1H3,(H2,8,9);1-2H3. The number of hydrogen-bond acceptors (Lipinski definition) is 6. The number of nitrogens with one attached hydrogen (secondary N) is 1. The van der Waals surface area contributed by atoms with Gasteiger partial charge in [0.25, 0.3) is 0 Å². The summed E-state index contributed by atoms with van der Waals surface area (Å²) in [5.74, 6) is -9.68. The molecule has 236 valence electrons. The molecule has 1 fully saturated rings. The van der Waals surface area contributed by atoms with Gasteiger partial charge in [-0.25, -0.2) is 8.78 Å². The van der Waals surface area contributed by atoms with Crippen LogP contribution in [-0.2, 0) is 23.9 Å². The molecule has 1 aliphatic rings. The number of primary amides is 1. The minimum Gasteiger partial charge on any atom is -0.420 e. The van der Waals surface area contributed by atoms with Crippen molar-refractivity contribution in [3.8, 4) is 5.75 Å². The lowest BCUT2D eigenvalue weighted by Gasteiger charge is -2.22. The molecule has 0 aromatic heterocycles. The van der Waals surface area contributed by atoms with Crippen LogP contribution in [0, 0.1) is 23.3 Å². The highest BCUT2D eigenvalue weighted by atomic mass is 19.2. The Balaban J connectivity index is 0.00000124. The summed E-state index contributed by atoms with van der Waals surface area (Å²) in [5.41, 5.74) is 4.94. The fourth-order valence-corrected chi connectivity index (χ4v) is 3.72. The molecule has 12 heteroatoms. The fourth-order valence-electron chi connectivity index (χ4n) is 3.72. The van der Waals surface area contributed by atoms with Crippen molar-refractivity contribution in [2.24, 2.45) is 5.73 Å². The van der Waals surface area contributed by atoms with E-state index in [0.29, 0.717) is 6.42 Å². The molecule has 1 aliphatic carbocycles. The van der Waals surface area contributed by atoms with E-state index in [1.54, 1.807) is 0 Å². The van der Waals surface area contributed by atoms with Crippen molar-refractivity contribution in [3.05, 3.63) is 29.3 Å². The predicted molar refractivity (Wildman–Crippen MR) is 147 cm³/mol. The summed E-state index contributed by atoms with van der Waals surface area (Å²) in [6, 6.07) is 0.269. The van der Waals surface area contributed by atoms with E-state index >= 15 is 0 Å². The molecule has 0 unspecified atom stereocenters. The number of rotatable bonds is 16. The van der Waals surface area contributed by atoms with E-state index < -0.39 is 35.0 Å². The zero-order valence-corrected chi connectivity index (χ0v) is 24.5. The van der Waals surface area contributed by atoms with Crippen molar-refractivity contribution in [2.45, 2.75) is 104 Å². The van der Waals surface area contributed by atoms with Crippen molar-refractivity contribution < 1.29 is 46.2 Å². The van der Waals surface area contributed by atoms with Crippen molar-refractivity contribution in [2.75, 3.05) is 26.4 Å². The van der Waals surface area contributed by atoms with Gasteiger partial charge < -0.3 is 25.3 Å². The lowest BCUT2D eigenvalue weighted by atomic mass is 9.95. The van der Waals surface area contributed by atoms with E-state index in [1.807, 2.05) is 13.8 Å². The summed E-state index contributed by atoms with van der Waals surface area (Å²) in [4.78, 5) is 33.5. The first-order valence-electron chi connectivity index (χ1n) is 14.4. The van der Waals surface area contributed by atoms with Gasteiger partial charge in [0.2, 0.25) is 29.2 Å². The van der Waals surface area contributed by atoms with Gasteiger partial charge in [-0.2, -0.15) is 8.78 Å². The highest BCUT2D eigenvalue weighted by Crippen LogP contribution is 2.26. The Labute approximate surface area is 240 Å². The van der Waals surface area contributed by atoms with Crippen LogP contribution in [0.3, 0.4) is 0 Å². The number of carbonyl (C=O) groups excluding carboxylic acids is 3. The van der Waals surface area contributed by atoms with Crippen LogP contribution >= 0.6 is 0 Å². The topological polar surface area (TPSA) is 117 Å². The van der Waals surface area contributed by atoms with Crippen LogP contribution in [0.5, 0.6) is 5.75 Å². The number of benzene rings is 1. The van der Waals surface area contributed by atoms with E-state index in [1.165, 1.54) is 19.3 Å². The quantitative estimate of drug-likeness (QED) is 0.0812. The second kappa shape index (κ2) is 23.9. The molecule has 1 aromatic rings. The van der Waals surface area contributed by atoms with Gasteiger partial charge in [-0.1, -0.05) is 59.3 Å². The van der Waals surface area contributed by atoms with Gasteiger partial charge in [0.05, 0.1) is 32.8 Å². The maximum absolute atomic E-state index is 13.4. The van der Waals surface area contributed by atoms with E-state index in [0.717, 1.165) is 38.5 Å². The van der Waals surface area contributed by atoms with Gasteiger partial charge >= 0.3 is 5.97 Å². The molecule has 2 rings (SSSR count). The minimum atomic E-state index is -1.79. The molecule has 0 atom stereocenters. The molecule has 0 radical (unpaired) electrons. The van der Waals surface area contributed by atoms with Gasteiger partial charge in [-0.3, -0.25) is 14.4 Å². The Hall–Kier alpha value is -2.73. The van der Waals surface area contributed by atoms with Crippen LogP contribution in [-0.4, -0.2) is 50.3 Å². The zero-order valence-electron chi connectivity index (χ0n) is 24.5. The number of unbranched alkanes of at least 4 members (excludes halogenated alkanes) is 3. The summed E-state index contributed by atoms with van der Waals surface area (Å²) in [7, 11) is 0. The highest BCUT2D eigenvalue weighted by Gasteiger charge is 2.23. The van der Waals surface area contributed by atoms with Gasteiger partial charge in [0, 0.05) is 24.9 Å². The molecule has 0 aliphatic heterocycles. The number of esters is 1. The van der Waals surface area contributed by atoms with Crippen molar-refractivity contribution in [1.29, 1.82) is 0 Å². The fraction of sp³-hybridized carbons (Fsp3) is 0.690. The van der Waals surface area contributed by atoms with Gasteiger partial charge in [-0.05, 0) is 19.3 Å². The molecule has 0 saturated heterocycles. The third kappa shape index (κ3) is 18.3. The van der Waals surface area contributed by atoms with E-state index in [9.17, 15) is 31.9 Å². The van der Waals surface area contributed by atoms with Gasteiger partial charge in [0.15, 0.2) is 11.6 Å². The minimum absolute atomic E-state index is 0.0186. The van der Waals surface area contributed by atoms with E-state index in [2.05, 4.69) is 17.0 Å². The van der Waals surface area contributed by atoms with Crippen LogP contribution in [0.25, 0.3) is 0 Å². The number of halogens is 4. The molecule has 0 heterocycles. The molecular formula is C29H46F4N2O6. The van der Waals surface area contributed by atoms with Crippen molar-refractivity contribution in [3.63, 3.8) is 0 Å². The average molecular weight is 595 g/mol. The number of hydrogen-bond donors (Lipinski definition) is 2. The Morgan fingerprint density at radius 2 is 1.39 bits per heavy atom. The Morgan fingerprint density at radius 3 is 1.93 bits per heavy atom. The lowest BCUT2D eigenvalue weighted by Crippen LogP contribution is -2.36. The third-order valence-corrected chi connectivity index (χ3v) is 5.83. The first kappa shape index (κ1) is 38.3. The molecule has 1 aromatic carbocycles. The Kier molecular flexibility index (Phi) is 22.3. The molecular weight excluding hydrogens is 548 g/mol. The summed E-state index contributed by atoms with van der Waals surface area (Å²) >= 11 is 0. The lowest BCUT2D eigenvalue weighted by molar-refractivity contribution is -0.136.